The predicted octanol–water partition coefficient (Wildman–Crippen LogP) is 3.23. The molecule has 0 bridgehead atoms. The number of aryl methyl sites for hydroxylation is 1. The van der Waals surface area contributed by atoms with Crippen LogP contribution in [0.4, 0.5) is 0 Å². The van der Waals surface area contributed by atoms with Crippen LogP contribution < -0.4 is 0 Å². The van der Waals surface area contributed by atoms with E-state index < -0.39 is 6.10 Å². The normalized spacial score (nSPS) is 12.9. The molecule has 0 radical (unpaired) electrons. The Labute approximate surface area is 116 Å². The van der Waals surface area contributed by atoms with Crippen LogP contribution in [-0.2, 0) is 12.8 Å². The van der Waals surface area contributed by atoms with Crippen molar-refractivity contribution in [2.75, 3.05) is 0 Å². The maximum absolute atomic E-state index is 10.4. The van der Waals surface area contributed by atoms with Crippen LogP contribution in [0.2, 0.25) is 0 Å². The topological polar surface area (TPSA) is 37.5 Å². The van der Waals surface area contributed by atoms with Crippen molar-refractivity contribution in [3.8, 4) is 0 Å². The maximum atomic E-state index is 10.4. The molecule has 1 unspecified atom stereocenters. The standard InChI is InChI=1S/C15H16N2OS/c1-2-11-5-3-4-6-13(11)14(18)9-12-10-17-7-8-19-15(17)16-12/h3-8,10,14,18H,2,9H2,1H3. The van der Waals surface area contributed by atoms with Gasteiger partial charge in [0.2, 0.25) is 0 Å². The minimum Gasteiger partial charge on any atom is -0.388 e. The van der Waals surface area contributed by atoms with Gasteiger partial charge in [-0.3, -0.25) is 4.40 Å². The summed E-state index contributed by atoms with van der Waals surface area (Å²) >= 11 is 1.61. The number of imidazole rings is 1. The second kappa shape index (κ2) is 5.15. The third kappa shape index (κ3) is 2.41. The number of aliphatic hydroxyl groups is 1. The van der Waals surface area contributed by atoms with Gasteiger partial charge < -0.3 is 5.11 Å². The SMILES string of the molecule is CCc1ccccc1C(O)Cc1cn2ccsc2n1. The van der Waals surface area contributed by atoms with Crippen LogP contribution in [0.5, 0.6) is 0 Å². The van der Waals surface area contributed by atoms with E-state index in [4.69, 9.17) is 0 Å². The van der Waals surface area contributed by atoms with E-state index in [2.05, 4.69) is 18.0 Å². The average molecular weight is 272 g/mol. The smallest absolute Gasteiger partial charge is 0.193 e. The van der Waals surface area contributed by atoms with Gasteiger partial charge in [0.15, 0.2) is 4.96 Å². The fourth-order valence-corrected chi connectivity index (χ4v) is 3.08. The van der Waals surface area contributed by atoms with E-state index in [-0.39, 0.29) is 0 Å². The summed E-state index contributed by atoms with van der Waals surface area (Å²) in [4.78, 5) is 5.49. The van der Waals surface area contributed by atoms with Gasteiger partial charge in [0, 0.05) is 24.2 Å². The zero-order valence-corrected chi connectivity index (χ0v) is 11.6. The van der Waals surface area contributed by atoms with Gasteiger partial charge in [-0.1, -0.05) is 31.2 Å². The van der Waals surface area contributed by atoms with E-state index in [0.29, 0.717) is 6.42 Å². The molecule has 3 nitrogen and oxygen atoms in total. The van der Waals surface area contributed by atoms with Crippen LogP contribution in [0.3, 0.4) is 0 Å². The highest BCUT2D eigenvalue weighted by Crippen LogP contribution is 2.23. The number of benzene rings is 1. The van der Waals surface area contributed by atoms with Crippen LogP contribution in [-0.4, -0.2) is 14.5 Å². The molecule has 1 aromatic carbocycles. The molecule has 1 atom stereocenters. The number of thiazole rings is 1. The van der Waals surface area contributed by atoms with Gasteiger partial charge in [-0.25, -0.2) is 4.98 Å². The largest absolute Gasteiger partial charge is 0.388 e. The van der Waals surface area contributed by atoms with Crippen molar-refractivity contribution in [1.29, 1.82) is 0 Å². The Hall–Kier alpha value is -1.65. The highest BCUT2D eigenvalue weighted by Gasteiger charge is 2.14. The first-order chi connectivity index (χ1) is 9.28. The number of hydrogen-bond acceptors (Lipinski definition) is 3. The molecule has 3 aromatic rings. The van der Waals surface area contributed by atoms with E-state index in [1.54, 1.807) is 11.3 Å². The number of rotatable bonds is 4. The Bertz CT molecular complexity index is 658. The number of hydrogen-bond donors (Lipinski definition) is 1. The summed E-state index contributed by atoms with van der Waals surface area (Å²) in [7, 11) is 0. The lowest BCUT2D eigenvalue weighted by molar-refractivity contribution is 0.176. The molecule has 0 amide bonds. The fourth-order valence-electron chi connectivity index (χ4n) is 2.36. The predicted molar refractivity (Wildman–Crippen MR) is 77.6 cm³/mol. The Kier molecular flexibility index (Phi) is 3.36. The molecule has 0 fully saturated rings. The summed E-state index contributed by atoms with van der Waals surface area (Å²) in [5, 5.41) is 12.4. The van der Waals surface area contributed by atoms with Gasteiger partial charge in [0.1, 0.15) is 0 Å². The molecule has 0 spiro atoms. The molecule has 0 aliphatic heterocycles. The van der Waals surface area contributed by atoms with E-state index in [1.807, 2.05) is 40.4 Å². The van der Waals surface area contributed by atoms with Crippen LogP contribution >= 0.6 is 11.3 Å². The molecule has 0 saturated carbocycles. The number of nitrogens with zero attached hydrogens (tertiary/aromatic N) is 2. The first-order valence-corrected chi connectivity index (χ1v) is 7.33. The van der Waals surface area contributed by atoms with Crippen LogP contribution in [0.1, 0.15) is 29.8 Å². The van der Waals surface area contributed by atoms with Crippen molar-refractivity contribution in [3.05, 3.63) is 58.9 Å². The fraction of sp³-hybridized carbons (Fsp3) is 0.267. The Morgan fingerprint density at radius 2 is 2.21 bits per heavy atom. The lowest BCUT2D eigenvalue weighted by Gasteiger charge is -2.13. The summed E-state index contributed by atoms with van der Waals surface area (Å²) < 4.78 is 2.00. The van der Waals surface area contributed by atoms with Crippen molar-refractivity contribution in [3.63, 3.8) is 0 Å². The number of fused-ring (bicyclic) bond motifs is 1. The molecule has 2 aromatic heterocycles. The average Bonchev–Trinajstić information content (AvgIpc) is 2.99. The van der Waals surface area contributed by atoms with Crippen LogP contribution in [0.25, 0.3) is 4.96 Å². The molecule has 98 valence electrons. The second-order valence-corrected chi connectivity index (χ2v) is 5.47. The van der Waals surface area contributed by atoms with Crippen molar-refractivity contribution in [2.24, 2.45) is 0 Å². The lowest BCUT2D eigenvalue weighted by Crippen LogP contribution is -2.05. The van der Waals surface area contributed by atoms with Gasteiger partial charge in [-0.15, -0.1) is 11.3 Å². The Morgan fingerprint density at radius 1 is 1.37 bits per heavy atom. The zero-order chi connectivity index (χ0) is 13.2. The van der Waals surface area contributed by atoms with Crippen molar-refractivity contribution < 1.29 is 5.11 Å². The molecule has 0 aliphatic carbocycles. The zero-order valence-electron chi connectivity index (χ0n) is 10.8. The summed E-state index contributed by atoms with van der Waals surface area (Å²) in [5.74, 6) is 0. The van der Waals surface area contributed by atoms with Gasteiger partial charge in [0.05, 0.1) is 11.8 Å². The third-order valence-corrected chi connectivity index (χ3v) is 4.11. The molecule has 19 heavy (non-hydrogen) atoms. The quantitative estimate of drug-likeness (QED) is 0.791. The van der Waals surface area contributed by atoms with Crippen LogP contribution in [0, 0.1) is 0 Å². The molecule has 2 heterocycles. The molecule has 0 aliphatic rings. The highest BCUT2D eigenvalue weighted by molar-refractivity contribution is 7.15. The Morgan fingerprint density at radius 3 is 3.00 bits per heavy atom. The first kappa shape index (κ1) is 12.4. The van der Waals surface area contributed by atoms with E-state index in [1.165, 1.54) is 5.56 Å². The molecular formula is C15H16N2OS. The third-order valence-electron chi connectivity index (χ3n) is 3.34. The summed E-state index contributed by atoms with van der Waals surface area (Å²) in [6, 6.07) is 8.07. The second-order valence-electron chi connectivity index (χ2n) is 4.60. The van der Waals surface area contributed by atoms with Gasteiger partial charge in [-0.2, -0.15) is 0 Å². The molecule has 0 saturated heterocycles. The minimum absolute atomic E-state index is 0.485. The molecule has 3 rings (SSSR count). The van der Waals surface area contributed by atoms with E-state index in [9.17, 15) is 5.11 Å². The molecule has 4 heteroatoms. The number of aromatic nitrogens is 2. The van der Waals surface area contributed by atoms with Crippen LogP contribution in [0.15, 0.2) is 42.0 Å². The first-order valence-electron chi connectivity index (χ1n) is 6.45. The highest BCUT2D eigenvalue weighted by atomic mass is 32.1. The van der Waals surface area contributed by atoms with Gasteiger partial charge in [0.25, 0.3) is 0 Å². The number of aliphatic hydroxyl groups excluding tert-OH is 1. The molecule has 1 N–H and O–H groups in total. The van der Waals surface area contributed by atoms with E-state index >= 15 is 0 Å². The lowest BCUT2D eigenvalue weighted by atomic mass is 9.98. The van der Waals surface area contributed by atoms with Crippen molar-refractivity contribution in [2.45, 2.75) is 25.9 Å². The Balaban J connectivity index is 1.84. The van der Waals surface area contributed by atoms with E-state index in [0.717, 1.165) is 22.6 Å². The molecular weight excluding hydrogens is 256 g/mol. The maximum Gasteiger partial charge on any atom is 0.193 e. The van der Waals surface area contributed by atoms with Gasteiger partial charge in [-0.05, 0) is 17.5 Å². The van der Waals surface area contributed by atoms with Crippen molar-refractivity contribution >= 4 is 16.3 Å². The van der Waals surface area contributed by atoms with Crippen molar-refractivity contribution in [1.82, 2.24) is 9.38 Å². The minimum atomic E-state index is -0.485. The summed E-state index contributed by atoms with van der Waals surface area (Å²) in [5.41, 5.74) is 3.16. The monoisotopic (exact) mass is 272 g/mol. The summed E-state index contributed by atoms with van der Waals surface area (Å²) in [6.45, 7) is 2.11. The summed E-state index contributed by atoms with van der Waals surface area (Å²) in [6.07, 6.45) is 4.99. The van der Waals surface area contributed by atoms with Gasteiger partial charge >= 0.3 is 0 Å².